The molecule has 7 nitrogen and oxygen atoms in total. The van der Waals surface area contributed by atoms with E-state index in [-0.39, 0.29) is 24.3 Å². The second kappa shape index (κ2) is 12.3. The van der Waals surface area contributed by atoms with Crippen molar-refractivity contribution in [2.45, 2.75) is 26.5 Å². The largest absolute Gasteiger partial charge is 0.493 e. The van der Waals surface area contributed by atoms with Gasteiger partial charge in [0.2, 0.25) is 0 Å². The molecule has 0 radical (unpaired) electrons. The van der Waals surface area contributed by atoms with Crippen LogP contribution in [0.2, 0.25) is 10.0 Å². The van der Waals surface area contributed by atoms with Crippen molar-refractivity contribution in [2.75, 3.05) is 13.7 Å². The molecule has 2 heterocycles. The molecule has 1 aromatic heterocycles. The minimum Gasteiger partial charge on any atom is -0.493 e. The average Bonchev–Trinajstić information content (AvgIpc) is 3.26. The molecule has 41 heavy (non-hydrogen) atoms. The van der Waals surface area contributed by atoms with Gasteiger partial charge >= 0.3 is 5.97 Å². The van der Waals surface area contributed by atoms with Crippen molar-refractivity contribution in [2.24, 2.45) is 4.99 Å². The fraction of sp³-hybridized carbons (Fsp3) is 0.194. The maximum atomic E-state index is 14.0. The molecular formula is C31H26Cl2N2O5S. The predicted octanol–water partition coefficient (Wildman–Crippen LogP) is 5.69. The van der Waals surface area contributed by atoms with E-state index in [1.807, 2.05) is 36.4 Å². The summed E-state index contributed by atoms with van der Waals surface area (Å²) >= 11 is 14.1. The van der Waals surface area contributed by atoms with Crippen LogP contribution in [0.1, 0.15) is 36.6 Å². The first-order valence-electron chi connectivity index (χ1n) is 12.8. The zero-order chi connectivity index (χ0) is 29.1. The van der Waals surface area contributed by atoms with Crippen molar-refractivity contribution in [3.05, 3.63) is 124 Å². The van der Waals surface area contributed by atoms with Gasteiger partial charge in [-0.25, -0.2) is 9.79 Å². The lowest BCUT2D eigenvalue weighted by Crippen LogP contribution is -2.40. The maximum Gasteiger partial charge on any atom is 0.338 e. The molecule has 0 saturated heterocycles. The summed E-state index contributed by atoms with van der Waals surface area (Å²) in [5, 5.41) is 1.01. The van der Waals surface area contributed by atoms with E-state index in [0.717, 1.165) is 5.56 Å². The van der Waals surface area contributed by atoms with E-state index >= 15 is 0 Å². The van der Waals surface area contributed by atoms with Crippen molar-refractivity contribution in [3.63, 3.8) is 0 Å². The van der Waals surface area contributed by atoms with Gasteiger partial charge in [0.1, 0.15) is 12.6 Å². The predicted molar refractivity (Wildman–Crippen MR) is 161 cm³/mol. The van der Waals surface area contributed by atoms with Crippen molar-refractivity contribution in [1.82, 2.24) is 4.57 Å². The molecule has 0 saturated carbocycles. The number of carbonyl (C=O) groups is 1. The maximum absolute atomic E-state index is 14.0. The topological polar surface area (TPSA) is 79.1 Å². The summed E-state index contributed by atoms with van der Waals surface area (Å²) in [6.45, 7) is 3.85. The number of esters is 1. The van der Waals surface area contributed by atoms with E-state index in [2.05, 4.69) is 4.99 Å². The molecular weight excluding hydrogens is 583 g/mol. The van der Waals surface area contributed by atoms with Crippen LogP contribution in [0.4, 0.5) is 0 Å². The lowest BCUT2D eigenvalue weighted by atomic mass is 9.96. The molecule has 0 amide bonds. The first-order valence-corrected chi connectivity index (χ1v) is 14.4. The number of allylic oxidation sites excluding steroid dienone is 1. The van der Waals surface area contributed by atoms with Crippen molar-refractivity contribution >= 4 is 46.6 Å². The third kappa shape index (κ3) is 5.68. The van der Waals surface area contributed by atoms with Gasteiger partial charge in [-0.3, -0.25) is 9.36 Å². The summed E-state index contributed by atoms with van der Waals surface area (Å²) in [6, 6.07) is 19.2. The van der Waals surface area contributed by atoms with Crippen LogP contribution in [-0.4, -0.2) is 24.3 Å². The highest BCUT2D eigenvalue weighted by Crippen LogP contribution is 2.35. The van der Waals surface area contributed by atoms with Crippen LogP contribution in [0.15, 0.2) is 87.8 Å². The monoisotopic (exact) mass is 608 g/mol. The van der Waals surface area contributed by atoms with E-state index < -0.39 is 12.0 Å². The normalized spacial score (nSPS) is 14.9. The molecule has 0 unspecified atom stereocenters. The fourth-order valence-electron chi connectivity index (χ4n) is 4.65. The number of hydrogen-bond acceptors (Lipinski definition) is 7. The molecule has 0 spiro atoms. The van der Waals surface area contributed by atoms with Gasteiger partial charge in [-0.05, 0) is 43.7 Å². The number of benzene rings is 3. The number of nitrogens with zero attached hydrogens (tertiary/aromatic N) is 2. The highest BCUT2D eigenvalue weighted by atomic mass is 35.5. The molecule has 1 aliphatic heterocycles. The van der Waals surface area contributed by atoms with Crippen molar-refractivity contribution in [3.8, 4) is 11.5 Å². The van der Waals surface area contributed by atoms with Crippen LogP contribution >= 0.6 is 34.5 Å². The minimum atomic E-state index is -0.803. The first kappa shape index (κ1) is 28.7. The number of thiazole rings is 1. The summed E-state index contributed by atoms with van der Waals surface area (Å²) in [5.74, 6) is 0.427. The van der Waals surface area contributed by atoms with Gasteiger partial charge in [-0.1, -0.05) is 83.1 Å². The van der Waals surface area contributed by atoms with Crippen molar-refractivity contribution < 1.29 is 19.0 Å². The van der Waals surface area contributed by atoms with Gasteiger partial charge in [0.05, 0.1) is 29.5 Å². The summed E-state index contributed by atoms with van der Waals surface area (Å²) in [4.78, 5) is 32.2. The molecule has 0 fully saturated rings. The number of hydrogen-bond donors (Lipinski definition) is 0. The Bertz CT molecular complexity index is 1840. The number of aromatic nitrogens is 1. The minimum absolute atomic E-state index is 0.183. The quantitative estimate of drug-likeness (QED) is 0.240. The molecule has 3 aromatic carbocycles. The van der Waals surface area contributed by atoms with Gasteiger partial charge in [0.15, 0.2) is 16.3 Å². The number of carbonyl (C=O) groups excluding carboxylic acids is 1. The van der Waals surface area contributed by atoms with Gasteiger partial charge < -0.3 is 14.2 Å². The van der Waals surface area contributed by atoms with Gasteiger partial charge in [0.25, 0.3) is 5.56 Å². The highest BCUT2D eigenvalue weighted by molar-refractivity contribution is 7.07. The lowest BCUT2D eigenvalue weighted by molar-refractivity contribution is -0.139. The smallest absolute Gasteiger partial charge is 0.338 e. The Kier molecular flexibility index (Phi) is 8.63. The average molecular weight is 610 g/mol. The van der Waals surface area contributed by atoms with Crippen LogP contribution in [0.3, 0.4) is 0 Å². The number of methoxy groups -OCH3 is 1. The first-order chi connectivity index (χ1) is 19.8. The second-order valence-electron chi connectivity index (χ2n) is 9.08. The summed E-state index contributed by atoms with van der Waals surface area (Å²) in [7, 11) is 1.55. The molecule has 210 valence electrons. The third-order valence-corrected chi connectivity index (χ3v) is 8.26. The van der Waals surface area contributed by atoms with Crippen LogP contribution in [0.25, 0.3) is 6.08 Å². The van der Waals surface area contributed by atoms with Crippen LogP contribution < -0.4 is 24.4 Å². The molecule has 1 atom stereocenters. The fourth-order valence-corrected chi connectivity index (χ4v) is 6.12. The van der Waals surface area contributed by atoms with Crippen LogP contribution in [-0.2, 0) is 16.1 Å². The zero-order valence-corrected chi connectivity index (χ0v) is 24.8. The number of ether oxygens (including phenoxy) is 3. The third-order valence-electron chi connectivity index (χ3n) is 6.56. The molecule has 10 heteroatoms. The lowest BCUT2D eigenvalue weighted by Gasteiger charge is -2.25. The molecule has 0 N–H and O–H groups in total. The Hall–Kier alpha value is -3.85. The van der Waals surface area contributed by atoms with E-state index in [4.69, 9.17) is 37.4 Å². The highest BCUT2D eigenvalue weighted by Gasteiger charge is 2.34. The molecule has 5 rings (SSSR count). The Morgan fingerprint density at radius 1 is 1.05 bits per heavy atom. The molecule has 0 aliphatic carbocycles. The Morgan fingerprint density at radius 2 is 1.78 bits per heavy atom. The van der Waals surface area contributed by atoms with E-state index in [0.29, 0.717) is 47.7 Å². The number of rotatable bonds is 8. The Morgan fingerprint density at radius 3 is 2.49 bits per heavy atom. The number of fused-ring (bicyclic) bond motifs is 1. The summed E-state index contributed by atoms with van der Waals surface area (Å²) < 4.78 is 19.0. The Labute approximate surface area is 250 Å². The molecule has 1 aliphatic rings. The number of para-hydroxylation sites is 1. The zero-order valence-electron chi connectivity index (χ0n) is 22.5. The van der Waals surface area contributed by atoms with E-state index in [1.54, 1.807) is 57.4 Å². The van der Waals surface area contributed by atoms with Gasteiger partial charge in [-0.15, -0.1) is 0 Å². The van der Waals surface area contributed by atoms with E-state index in [9.17, 15) is 9.59 Å². The molecule has 4 aromatic rings. The SMILES string of the molecule is CCOC(=O)C1=C(C)N=c2s/c(=C\c3cccc(OC)c3OCc3ccccc3Cl)c(=O)n2[C@H]1c1ccccc1Cl. The van der Waals surface area contributed by atoms with Gasteiger partial charge in [0, 0.05) is 21.2 Å². The van der Waals surface area contributed by atoms with E-state index in [1.165, 1.54) is 15.9 Å². The summed E-state index contributed by atoms with van der Waals surface area (Å²) in [5.41, 5.74) is 2.46. The van der Waals surface area contributed by atoms with Crippen LogP contribution in [0.5, 0.6) is 11.5 Å². The second-order valence-corrected chi connectivity index (χ2v) is 10.9. The van der Waals surface area contributed by atoms with Crippen LogP contribution in [0, 0.1) is 0 Å². The Balaban J connectivity index is 1.66. The standard InChI is InChI=1S/C31H26Cl2N2O5S/c1-4-39-30(37)26-18(2)34-31-35(27(26)21-12-6-8-14-23(21)33)29(36)25(41-31)16-19-11-9-15-24(38-3)28(19)40-17-20-10-5-7-13-22(20)32/h5-16,27H,4,17H2,1-3H3/b25-16-/t27-/m0/s1. The number of halogens is 2. The van der Waals surface area contributed by atoms with Crippen molar-refractivity contribution in [1.29, 1.82) is 0 Å². The van der Waals surface area contributed by atoms with Gasteiger partial charge in [-0.2, -0.15) is 0 Å². The molecule has 0 bridgehead atoms. The summed E-state index contributed by atoms with van der Waals surface area (Å²) in [6.07, 6.45) is 1.74.